The van der Waals surface area contributed by atoms with Crippen molar-refractivity contribution >= 4 is 35.3 Å². The maximum absolute atomic E-state index is 13.1. The van der Waals surface area contributed by atoms with Crippen LogP contribution in [-0.4, -0.2) is 29.8 Å². The molecule has 0 spiro atoms. The number of rotatable bonds is 5. The van der Waals surface area contributed by atoms with Crippen LogP contribution in [0.5, 0.6) is 5.75 Å². The molecular weight excluding hydrogens is 426 g/mol. The normalized spacial score (nSPS) is 14.7. The van der Waals surface area contributed by atoms with Crippen LogP contribution in [0.2, 0.25) is 5.02 Å². The molecule has 3 aromatic carbocycles. The van der Waals surface area contributed by atoms with Crippen LogP contribution >= 0.6 is 11.6 Å². The minimum Gasteiger partial charge on any atom is -0.497 e. The molecule has 6 nitrogen and oxygen atoms in total. The topological polar surface area (TPSA) is 71.0 Å². The van der Waals surface area contributed by atoms with Crippen LogP contribution in [0.3, 0.4) is 0 Å². The molecule has 4 rings (SSSR count). The second kappa shape index (κ2) is 9.49. The van der Waals surface area contributed by atoms with E-state index in [-0.39, 0.29) is 18.0 Å². The summed E-state index contributed by atoms with van der Waals surface area (Å²) in [6.07, 6.45) is 1.75. The number of benzene rings is 3. The first-order chi connectivity index (χ1) is 15.5. The van der Waals surface area contributed by atoms with Crippen molar-refractivity contribution in [2.75, 3.05) is 7.11 Å². The van der Waals surface area contributed by atoms with Crippen molar-refractivity contribution < 1.29 is 14.3 Å². The molecule has 0 atom stereocenters. The first kappa shape index (κ1) is 21.3. The molecule has 2 amide bonds. The molecule has 7 heteroatoms. The smallest absolute Gasteiger partial charge is 0.288 e. The molecule has 0 radical (unpaired) electrons. The van der Waals surface area contributed by atoms with E-state index in [1.807, 2.05) is 42.5 Å². The van der Waals surface area contributed by atoms with Crippen LogP contribution < -0.4 is 10.2 Å². The Morgan fingerprint density at radius 2 is 1.72 bits per heavy atom. The van der Waals surface area contributed by atoms with Crippen molar-refractivity contribution in [3.05, 3.63) is 106 Å². The van der Waals surface area contributed by atoms with Crippen molar-refractivity contribution in [2.24, 2.45) is 4.99 Å². The van der Waals surface area contributed by atoms with Crippen LogP contribution in [0, 0.1) is 0 Å². The Bertz CT molecular complexity index is 1190. The summed E-state index contributed by atoms with van der Waals surface area (Å²) in [6, 6.07) is 23.5. The Hall–Kier alpha value is -3.90. The molecule has 0 bridgehead atoms. The van der Waals surface area contributed by atoms with Crippen molar-refractivity contribution in [3.63, 3.8) is 0 Å². The second-order valence-corrected chi connectivity index (χ2v) is 7.51. The van der Waals surface area contributed by atoms with E-state index >= 15 is 0 Å². The summed E-state index contributed by atoms with van der Waals surface area (Å²) in [5, 5.41) is 1.80. The zero-order valence-corrected chi connectivity index (χ0v) is 18.0. The predicted molar refractivity (Wildman–Crippen MR) is 124 cm³/mol. The van der Waals surface area contributed by atoms with E-state index in [9.17, 15) is 9.59 Å². The summed E-state index contributed by atoms with van der Waals surface area (Å²) < 4.78 is 5.17. The minimum atomic E-state index is -0.468. The van der Waals surface area contributed by atoms with Gasteiger partial charge in [0, 0.05) is 10.6 Å². The largest absolute Gasteiger partial charge is 0.497 e. The summed E-state index contributed by atoms with van der Waals surface area (Å²) in [7, 11) is 1.59. The molecule has 0 fully saturated rings. The third kappa shape index (κ3) is 4.87. The molecule has 32 heavy (non-hydrogen) atoms. The first-order valence-corrected chi connectivity index (χ1v) is 10.3. The van der Waals surface area contributed by atoms with Gasteiger partial charge in [0.1, 0.15) is 11.4 Å². The van der Waals surface area contributed by atoms with E-state index in [0.717, 1.165) is 11.1 Å². The number of nitrogens with zero attached hydrogens (tertiary/aromatic N) is 2. The van der Waals surface area contributed by atoms with Gasteiger partial charge in [-0.1, -0.05) is 66.2 Å². The van der Waals surface area contributed by atoms with Gasteiger partial charge in [-0.15, -0.1) is 0 Å². The molecule has 1 N–H and O–H groups in total. The minimum absolute atomic E-state index is 0.0842. The summed E-state index contributed by atoms with van der Waals surface area (Å²) in [6.45, 7) is 0. The quantitative estimate of drug-likeness (QED) is 0.597. The number of amidine groups is 1. The predicted octanol–water partition coefficient (Wildman–Crippen LogP) is 4.25. The number of carbonyl (C=O) groups excluding carboxylic acids is 2. The average molecular weight is 446 g/mol. The molecule has 0 aliphatic carbocycles. The van der Waals surface area contributed by atoms with Gasteiger partial charge in [-0.05, 0) is 41.5 Å². The Kier molecular flexibility index (Phi) is 6.33. The first-order valence-electron chi connectivity index (χ1n) is 9.92. The van der Waals surface area contributed by atoms with E-state index in [4.69, 9.17) is 16.3 Å². The number of methoxy groups -OCH3 is 1. The highest BCUT2D eigenvalue weighted by atomic mass is 35.5. The lowest BCUT2D eigenvalue weighted by atomic mass is 10.1. The molecule has 3 aromatic rings. The molecule has 0 saturated heterocycles. The lowest BCUT2D eigenvalue weighted by Gasteiger charge is -2.29. The number of hydrogen-bond donors (Lipinski definition) is 1. The van der Waals surface area contributed by atoms with Gasteiger partial charge in [0.15, 0.2) is 5.84 Å². The van der Waals surface area contributed by atoms with Gasteiger partial charge in [0.25, 0.3) is 11.8 Å². The van der Waals surface area contributed by atoms with Crippen molar-refractivity contribution in [2.45, 2.75) is 6.42 Å². The van der Waals surface area contributed by atoms with Crippen LogP contribution in [0.1, 0.15) is 16.7 Å². The fraction of sp³-hybridized carbons (Fsp3) is 0.0800. The van der Waals surface area contributed by atoms with E-state index < -0.39 is 5.91 Å². The van der Waals surface area contributed by atoms with E-state index in [1.165, 1.54) is 5.01 Å². The number of nitrogens with one attached hydrogen (secondary N) is 1. The number of hydrogen-bond acceptors (Lipinski definition) is 4. The molecule has 1 aliphatic heterocycles. The van der Waals surface area contributed by atoms with E-state index in [1.54, 1.807) is 49.6 Å². The highest BCUT2D eigenvalue weighted by molar-refractivity contribution is 6.30. The van der Waals surface area contributed by atoms with Crippen molar-refractivity contribution in [1.82, 2.24) is 10.4 Å². The van der Waals surface area contributed by atoms with Crippen LogP contribution in [0.4, 0.5) is 0 Å². The number of carbonyl (C=O) groups is 2. The second-order valence-electron chi connectivity index (χ2n) is 7.08. The molecule has 160 valence electrons. The molecule has 0 aromatic heterocycles. The molecular formula is C25H20ClN3O3. The van der Waals surface area contributed by atoms with Gasteiger partial charge in [-0.25, -0.2) is 10.0 Å². The Morgan fingerprint density at radius 3 is 2.38 bits per heavy atom. The Labute approximate surface area is 190 Å². The van der Waals surface area contributed by atoms with Crippen LogP contribution in [-0.2, 0) is 16.0 Å². The third-order valence-electron chi connectivity index (χ3n) is 4.85. The number of ether oxygens (including phenoxy) is 1. The zero-order valence-electron chi connectivity index (χ0n) is 17.3. The van der Waals surface area contributed by atoms with Gasteiger partial charge in [-0.2, -0.15) is 0 Å². The van der Waals surface area contributed by atoms with Gasteiger partial charge >= 0.3 is 0 Å². The summed E-state index contributed by atoms with van der Waals surface area (Å²) >= 11 is 5.93. The number of amides is 2. The maximum atomic E-state index is 13.1. The number of hydrazine groups is 1. The summed E-state index contributed by atoms with van der Waals surface area (Å²) in [4.78, 5) is 30.4. The average Bonchev–Trinajstić information content (AvgIpc) is 2.82. The molecule has 1 heterocycles. The fourth-order valence-electron chi connectivity index (χ4n) is 3.20. The number of halogens is 1. The van der Waals surface area contributed by atoms with E-state index in [2.05, 4.69) is 10.4 Å². The van der Waals surface area contributed by atoms with Crippen LogP contribution in [0.25, 0.3) is 6.08 Å². The zero-order chi connectivity index (χ0) is 22.5. The van der Waals surface area contributed by atoms with E-state index in [0.29, 0.717) is 22.2 Å². The Morgan fingerprint density at radius 1 is 1.03 bits per heavy atom. The van der Waals surface area contributed by atoms with Crippen molar-refractivity contribution in [1.29, 1.82) is 0 Å². The summed E-state index contributed by atoms with van der Waals surface area (Å²) in [5.74, 6) is 0.286. The highest BCUT2D eigenvalue weighted by Gasteiger charge is 2.29. The lowest BCUT2D eigenvalue weighted by Crippen LogP contribution is -2.53. The van der Waals surface area contributed by atoms with Gasteiger partial charge < -0.3 is 4.74 Å². The molecule has 0 saturated carbocycles. The highest BCUT2D eigenvalue weighted by Crippen LogP contribution is 2.19. The monoisotopic (exact) mass is 445 g/mol. The summed E-state index contributed by atoms with van der Waals surface area (Å²) in [5.41, 5.74) is 5.15. The third-order valence-corrected chi connectivity index (χ3v) is 5.11. The number of aliphatic imine (C=N–C) groups is 1. The maximum Gasteiger partial charge on any atom is 0.288 e. The standard InChI is InChI=1S/C25H20ClN3O3/c1-32-21-13-9-17(10-14-21)15-22-25(31)28-29(24(27-22)19-5-3-2-4-6-19)23(30)16-18-7-11-20(26)12-8-18/h2-15H,16H2,1H3,(H,28,31)/b22-15+. The van der Waals surface area contributed by atoms with Gasteiger partial charge in [-0.3, -0.25) is 15.0 Å². The molecule has 1 aliphatic rings. The van der Waals surface area contributed by atoms with Gasteiger partial charge in [0.2, 0.25) is 0 Å². The SMILES string of the molecule is COc1ccc(/C=C2/N=C(c3ccccc3)N(C(=O)Cc3ccc(Cl)cc3)NC2=O)cc1. The Balaban J connectivity index is 1.68. The van der Waals surface area contributed by atoms with Crippen molar-refractivity contribution in [3.8, 4) is 5.75 Å². The van der Waals surface area contributed by atoms with Gasteiger partial charge in [0.05, 0.1) is 13.5 Å². The molecule has 0 unspecified atom stereocenters. The van der Waals surface area contributed by atoms with Crippen LogP contribution in [0.15, 0.2) is 89.6 Å². The lowest BCUT2D eigenvalue weighted by molar-refractivity contribution is -0.135. The fourth-order valence-corrected chi connectivity index (χ4v) is 3.33.